The van der Waals surface area contributed by atoms with Gasteiger partial charge in [-0.15, -0.1) is 0 Å². The molecule has 0 aliphatic heterocycles. The monoisotopic (exact) mass is 301 g/mol. The zero-order chi connectivity index (χ0) is 15.7. The number of hydrogen-bond donors (Lipinski definition) is 1. The number of nitrogens with zero attached hydrogens (tertiary/aromatic N) is 2. The predicted molar refractivity (Wildman–Crippen MR) is 82.1 cm³/mol. The molecule has 0 radical (unpaired) electrons. The average Bonchev–Trinajstić information content (AvgIpc) is 3.28. The molecule has 1 amide bonds. The molecule has 22 heavy (non-hydrogen) atoms. The van der Waals surface area contributed by atoms with Gasteiger partial charge in [0.15, 0.2) is 0 Å². The Hall–Kier alpha value is -2.17. The first-order valence-corrected chi connectivity index (χ1v) is 7.68. The van der Waals surface area contributed by atoms with Gasteiger partial charge in [-0.1, -0.05) is 19.1 Å². The van der Waals surface area contributed by atoms with Crippen molar-refractivity contribution in [1.82, 2.24) is 15.1 Å². The molecule has 0 bridgehead atoms. The molecule has 1 aromatic carbocycles. The van der Waals surface area contributed by atoms with Gasteiger partial charge in [-0.2, -0.15) is 5.10 Å². The molecule has 0 spiro atoms. The van der Waals surface area contributed by atoms with E-state index in [1.54, 1.807) is 23.9 Å². The molecule has 0 saturated heterocycles. The summed E-state index contributed by atoms with van der Waals surface area (Å²) < 4.78 is 14.7. The van der Waals surface area contributed by atoms with Gasteiger partial charge in [-0.3, -0.25) is 9.48 Å². The summed E-state index contributed by atoms with van der Waals surface area (Å²) >= 11 is 0. The van der Waals surface area contributed by atoms with Crippen LogP contribution in [0, 0.1) is 5.82 Å². The van der Waals surface area contributed by atoms with E-state index in [-0.39, 0.29) is 17.8 Å². The number of amides is 1. The van der Waals surface area contributed by atoms with Crippen molar-refractivity contribution in [2.75, 3.05) is 0 Å². The third kappa shape index (κ3) is 3.03. The number of rotatable bonds is 5. The van der Waals surface area contributed by atoms with E-state index in [0.717, 1.165) is 30.5 Å². The highest BCUT2D eigenvalue weighted by atomic mass is 19.1. The Balaban J connectivity index is 1.75. The molecule has 1 N–H and O–H groups in total. The Labute approximate surface area is 129 Å². The summed E-state index contributed by atoms with van der Waals surface area (Å²) in [5, 5.41) is 7.43. The molecule has 1 aliphatic rings. The van der Waals surface area contributed by atoms with E-state index < -0.39 is 0 Å². The lowest BCUT2D eigenvalue weighted by Crippen LogP contribution is -2.29. The standard InChI is InChI=1S/C17H20FN3O/c1-3-14(11-6-8-13(18)9-7-11)19-17(22)16-10-15(12-4-5-12)20-21(16)2/h6-10,12,14H,3-5H2,1-2H3,(H,19,22). The lowest BCUT2D eigenvalue weighted by atomic mass is 10.0. The van der Waals surface area contributed by atoms with Crippen LogP contribution >= 0.6 is 0 Å². The largest absolute Gasteiger partial charge is 0.344 e. The summed E-state index contributed by atoms with van der Waals surface area (Å²) in [6, 6.07) is 8.00. The molecule has 1 aromatic heterocycles. The smallest absolute Gasteiger partial charge is 0.270 e. The zero-order valence-electron chi connectivity index (χ0n) is 12.8. The molecule has 1 fully saturated rings. The first-order chi connectivity index (χ1) is 10.6. The van der Waals surface area contributed by atoms with E-state index in [4.69, 9.17) is 0 Å². The molecule has 4 nitrogen and oxygen atoms in total. The normalized spacial score (nSPS) is 15.6. The minimum absolute atomic E-state index is 0.132. The Morgan fingerprint density at radius 2 is 2.09 bits per heavy atom. The van der Waals surface area contributed by atoms with Gasteiger partial charge in [-0.25, -0.2) is 4.39 Å². The Morgan fingerprint density at radius 1 is 1.41 bits per heavy atom. The molecule has 2 aromatic rings. The Bertz CT molecular complexity index is 674. The number of carbonyl (C=O) groups excluding carboxylic acids is 1. The van der Waals surface area contributed by atoms with Crippen LogP contribution in [0.5, 0.6) is 0 Å². The molecule has 1 aliphatic carbocycles. The molecule has 5 heteroatoms. The van der Waals surface area contributed by atoms with Crippen LogP contribution in [-0.2, 0) is 7.05 Å². The number of aryl methyl sites for hydroxylation is 1. The summed E-state index contributed by atoms with van der Waals surface area (Å²) in [6.07, 6.45) is 3.06. The van der Waals surface area contributed by atoms with E-state index in [2.05, 4.69) is 10.4 Å². The summed E-state index contributed by atoms with van der Waals surface area (Å²) in [7, 11) is 1.79. The highest BCUT2D eigenvalue weighted by Gasteiger charge is 2.28. The maximum atomic E-state index is 13.0. The van der Waals surface area contributed by atoms with Gasteiger partial charge in [0.1, 0.15) is 11.5 Å². The summed E-state index contributed by atoms with van der Waals surface area (Å²) in [4.78, 5) is 12.5. The number of carbonyl (C=O) groups is 1. The fourth-order valence-electron chi connectivity index (χ4n) is 2.63. The van der Waals surface area contributed by atoms with Crippen molar-refractivity contribution in [2.45, 2.75) is 38.1 Å². The molecule has 116 valence electrons. The van der Waals surface area contributed by atoms with Crippen LogP contribution in [0.1, 0.15) is 59.9 Å². The molecule has 3 rings (SSSR count). The van der Waals surface area contributed by atoms with Crippen LogP contribution in [0.4, 0.5) is 4.39 Å². The molecule has 1 saturated carbocycles. The molecular weight excluding hydrogens is 281 g/mol. The van der Waals surface area contributed by atoms with Crippen LogP contribution < -0.4 is 5.32 Å². The second-order valence-electron chi connectivity index (χ2n) is 5.84. The number of aromatic nitrogens is 2. The van der Waals surface area contributed by atoms with Gasteiger partial charge in [0.05, 0.1) is 11.7 Å². The predicted octanol–water partition coefficient (Wildman–Crippen LogP) is 3.32. The van der Waals surface area contributed by atoms with Crippen molar-refractivity contribution in [3.05, 3.63) is 53.1 Å². The Morgan fingerprint density at radius 3 is 2.68 bits per heavy atom. The average molecular weight is 301 g/mol. The van der Waals surface area contributed by atoms with Gasteiger partial charge in [-0.05, 0) is 43.0 Å². The highest BCUT2D eigenvalue weighted by Crippen LogP contribution is 2.39. The van der Waals surface area contributed by atoms with E-state index in [9.17, 15) is 9.18 Å². The second-order valence-corrected chi connectivity index (χ2v) is 5.84. The van der Waals surface area contributed by atoms with Crippen molar-refractivity contribution < 1.29 is 9.18 Å². The van der Waals surface area contributed by atoms with Gasteiger partial charge in [0.2, 0.25) is 0 Å². The van der Waals surface area contributed by atoms with Gasteiger partial charge >= 0.3 is 0 Å². The number of benzene rings is 1. The first-order valence-electron chi connectivity index (χ1n) is 7.68. The van der Waals surface area contributed by atoms with Crippen LogP contribution in [0.2, 0.25) is 0 Å². The molecule has 1 heterocycles. The summed E-state index contributed by atoms with van der Waals surface area (Å²) in [5.41, 5.74) is 2.48. The number of halogens is 1. The van der Waals surface area contributed by atoms with E-state index in [1.165, 1.54) is 12.1 Å². The van der Waals surface area contributed by atoms with Crippen molar-refractivity contribution in [3.63, 3.8) is 0 Å². The molecule has 1 unspecified atom stereocenters. The van der Waals surface area contributed by atoms with Crippen molar-refractivity contribution in [3.8, 4) is 0 Å². The maximum Gasteiger partial charge on any atom is 0.270 e. The van der Waals surface area contributed by atoms with E-state index >= 15 is 0 Å². The third-order valence-electron chi connectivity index (χ3n) is 4.11. The number of hydrogen-bond acceptors (Lipinski definition) is 2. The zero-order valence-corrected chi connectivity index (χ0v) is 12.8. The lowest BCUT2D eigenvalue weighted by molar-refractivity contribution is 0.0926. The number of nitrogens with one attached hydrogen (secondary N) is 1. The van der Waals surface area contributed by atoms with Crippen LogP contribution in [0.3, 0.4) is 0 Å². The highest BCUT2D eigenvalue weighted by molar-refractivity contribution is 5.93. The van der Waals surface area contributed by atoms with Gasteiger partial charge in [0.25, 0.3) is 5.91 Å². The van der Waals surface area contributed by atoms with Crippen LogP contribution in [0.15, 0.2) is 30.3 Å². The van der Waals surface area contributed by atoms with E-state index in [1.807, 2.05) is 13.0 Å². The fourth-order valence-corrected chi connectivity index (χ4v) is 2.63. The fraction of sp³-hybridized carbons (Fsp3) is 0.412. The van der Waals surface area contributed by atoms with Crippen molar-refractivity contribution in [2.24, 2.45) is 7.05 Å². The van der Waals surface area contributed by atoms with Crippen molar-refractivity contribution >= 4 is 5.91 Å². The third-order valence-corrected chi connectivity index (χ3v) is 4.11. The summed E-state index contributed by atoms with van der Waals surface area (Å²) in [5.74, 6) is 0.107. The molecular formula is C17H20FN3O. The minimum atomic E-state index is -0.273. The first kappa shape index (κ1) is 14.8. The minimum Gasteiger partial charge on any atom is -0.344 e. The topological polar surface area (TPSA) is 46.9 Å². The SMILES string of the molecule is CCC(NC(=O)c1cc(C2CC2)nn1C)c1ccc(F)cc1. The van der Waals surface area contributed by atoms with Crippen molar-refractivity contribution in [1.29, 1.82) is 0 Å². The lowest BCUT2D eigenvalue weighted by Gasteiger charge is -2.17. The van der Waals surface area contributed by atoms with Gasteiger partial charge < -0.3 is 5.32 Å². The second kappa shape index (κ2) is 5.91. The summed E-state index contributed by atoms with van der Waals surface area (Å²) in [6.45, 7) is 1.99. The molecule has 1 atom stereocenters. The van der Waals surface area contributed by atoms with Crippen LogP contribution in [0.25, 0.3) is 0 Å². The van der Waals surface area contributed by atoms with Crippen LogP contribution in [-0.4, -0.2) is 15.7 Å². The van der Waals surface area contributed by atoms with E-state index in [0.29, 0.717) is 11.6 Å². The van der Waals surface area contributed by atoms with Gasteiger partial charge in [0, 0.05) is 13.0 Å². The quantitative estimate of drug-likeness (QED) is 0.921. The maximum absolute atomic E-state index is 13.0. The Kier molecular flexibility index (Phi) is 3.96.